The van der Waals surface area contributed by atoms with E-state index < -0.39 is 6.04 Å². The zero-order valence-electron chi connectivity index (χ0n) is 11.4. The van der Waals surface area contributed by atoms with Crippen LogP contribution in [-0.2, 0) is 11.2 Å². The summed E-state index contributed by atoms with van der Waals surface area (Å²) >= 11 is 3.39. The van der Waals surface area contributed by atoms with Crippen LogP contribution in [0.25, 0.3) is 0 Å². The van der Waals surface area contributed by atoms with E-state index in [4.69, 9.17) is 5.73 Å². The Morgan fingerprint density at radius 3 is 2.90 bits per heavy atom. The molecule has 5 nitrogen and oxygen atoms in total. The molecule has 3 atom stereocenters. The second-order valence-electron chi connectivity index (χ2n) is 5.40. The van der Waals surface area contributed by atoms with E-state index in [1.54, 1.807) is 12.5 Å². The van der Waals surface area contributed by atoms with Crippen molar-refractivity contribution in [3.05, 3.63) is 52.5 Å². The van der Waals surface area contributed by atoms with Gasteiger partial charge in [0.05, 0.1) is 12.4 Å². The molecule has 1 aromatic heterocycles. The van der Waals surface area contributed by atoms with Crippen LogP contribution in [0.15, 0.2) is 41.3 Å². The van der Waals surface area contributed by atoms with Crippen molar-refractivity contribution >= 4 is 21.8 Å². The van der Waals surface area contributed by atoms with Crippen molar-refractivity contribution < 1.29 is 4.79 Å². The highest BCUT2D eigenvalue weighted by Crippen LogP contribution is 2.39. The van der Waals surface area contributed by atoms with Crippen molar-refractivity contribution in [1.82, 2.24) is 15.3 Å². The zero-order chi connectivity index (χ0) is 14.8. The number of nitrogens with zero attached hydrogens (tertiary/aromatic N) is 1. The van der Waals surface area contributed by atoms with E-state index >= 15 is 0 Å². The van der Waals surface area contributed by atoms with Crippen LogP contribution in [0.2, 0.25) is 0 Å². The average Bonchev–Trinajstić information content (AvgIpc) is 3.01. The number of benzene rings is 1. The molecule has 0 spiro atoms. The second-order valence-corrected chi connectivity index (χ2v) is 6.32. The Hall–Kier alpha value is -1.66. The topological polar surface area (TPSA) is 83.8 Å². The van der Waals surface area contributed by atoms with Crippen LogP contribution in [-0.4, -0.2) is 28.0 Å². The molecule has 1 aromatic carbocycles. The molecule has 2 aromatic rings. The lowest BCUT2D eigenvalue weighted by molar-refractivity contribution is -0.122. The van der Waals surface area contributed by atoms with Gasteiger partial charge in [0, 0.05) is 28.3 Å². The summed E-state index contributed by atoms with van der Waals surface area (Å²) in [6, 6.07) is 7.51. The second kappa shape index (κ2) is 5.99. The molecule has 0 aliphatic heterocycles. The predicted molar refractivity (Wildman–Crippen MR) is 83.7 cm³/mol. The molecule has 21 heavy (non-hydrogen) atoms. The molecule has 0 saturated heterocycles. The number of amides is 1. The minimum Gasteiger partial charge on any atom is -0.351 e. The maximum Gasteiger partial charge on any atom is 0.237 e. The Labute approximate surface area is 131 Å². The summed E-state index contributed by atoms with van der Waals surface area (Å²) in [7, 11) is 0. The van der Waals surface area contributed by atoms with Gasteiger partial charge in [0.1, 0.15) is 0 Å². The molecular weight excluding hydrogens is 332 g/mol. The third kappa shape index (κ3) is 3.51. The normalized spacial score (nSPS) is 21.8. The summed E-state index contributed by atoms with van der Waals surface area (Å²) in [6.45, 7) is 0. The monoisotopic (exact) mass is 348 g/mol. The summed E-state index contributed by atoms with van der Waals surface area (Å²) in [5.74, 6) is 0.251. The van der Waals surface area contributed by atoms with Gasteiger partial charge >= 0.3 is 0 Å². The highest BCUT2D eigenvalue weighted by Gasteiger charge is 2.41. The van der Waals surface area contributed by atoms with Crippen molar-refractivity contribution in [2.75, 3.05) is 0 Å². The van der Waals surface area contributed by atoms with Crippen LogP contribution >= 0.6 is 15.9 Å². The summed E-state index contributed by atoms with van der Waals surface area (Å²) in [5, 5.41) is 3.00. The van der Waals surface area contributed by atoms with Crippen molar-refractivity contribution in [3.8, 4) is 0 Å². The fraction of sp³-hybridized carbons (Fsp3) is 0.333. The zero-order valence-corrected chi connectivity index (χ0v) is 13.0. The van der Waals surface area contributed by atoms with Gasteiger partial charge in [0.15, 0.2) is 0 Å². The Morgan fingerprint density at radius 2 is 2.24 bits per heavy atom. The van der Waals surface area contributed by atoms with Crippen molar-refractivity contribution in [3.63, 3.8) is 0 Å². The number of carbonyl (C=O) groups excluding carboxylic acids is 1. The van der Waals surface area contributed by atoms with Gasteiger partial charge in [0.25, 0.3) is 0 Å². The number of aromatic amines is 1. The van der Waals surface area contributed by atoms with Gasteiger partial charge in [-0.15, -0.1) is 0 Å². The van der Waals surface area contributed by atoms with Crippen LogP contribution in [0.4, 0.5) is 0 Å². The van der Waals surface area contributed by atoms with Gasteiger partial charge < -0.3 is 16.0 Å². The quantitative estimate of drug-likeness (QED) is 0.769. The minimum atomic E-state index is -0.519. The minimum absolute atomic E-state index is 0.0927. The van der Waals surface area contributed by atoms with E-state index in [1.807, 2.05) is 24.3 Å². The largest absolute Gasteiger partial charge is 0.351 e. The van der Waals surface area contributed by atoms with E-state index in [0.29, 0.717) is 12.3 Å². The first-order valence-corrected chi connectivity index (χ1v) is 7.71. The number of nitrogens with one attached hydrogen (secondary N) is 2. The number of halogens is 1. The molecule has 0 bridgehead atoms. The number of carbonyl (C=O) groups is 1. The fourth-order valence-corrected chi connectivity index (χ4v) is 2.69. The van der Waals surface area contributed by atoms with Gasteiger partial charge in [-0.2, -0.15) is 0 Å². The van der Waals surface area contributed by atoms with Crippen molar-refractivity contribution in [2.45, 2.75) is 30.8 Å². The van der Waals surface area contributed by atoms with E-state index in [9.17, 15) is 4.79 Å². The first-order chi connectivity index (χ1) is 10.1. The number of aromatic nitrogens is 2. The number of imidazole rings is 1. The number of rotatable bonds is 5. The van der Waals surface area contributed by atoms with E-state index in [-0.39, 0.29) is 11.9 Å². The molecule has 1 heterocycles. The summed E-state index contributed by atoms with van der Waals surface area (Å²) in [6.07, 6.45) is 4.95. The van der Waals surface area contributed by atoms with E-state index in [0.717, 1.165) is 22.2 Å². The van der Waals surface area contributed by atoms with Crippen LogP contribution in [0, 0.1) is 0 Å². The Morgan fingerprint density at radius 1 is 1.48 bits per heavy atom. The summed E-state index contributed by atoms with van der Waals surface area (Å²) in [4.78, 5) is 19.2. The molecular formula is C15H17BrN4O. The predicted octanol–water partition coefficient (Wildman–Crippen LogP) is 1.71. The molecule has 1 aliphatic carbocycles. The average molecular weight is 349 g/mol. The number of hydrogen-bond donors (Lipinski definition) is 3. The van der Waals surface area contributed by atoms with Gasteiger partial charge in [-0.25, -0.2) is 4.98 Å². The molecule has 1 aliphatic rings. The summed E-state index contributed by atoms with van der Waals surface area (Å²) in [5.41, 5.74) is 8.11. The third-order valence-electron chi connectivity index (χ3n) is 3.74. The van der Waals surface area contributed by atoms with E-state index in [2.05, 4.69) is 31.2 Å². The molecule has 2 unspecified atom stereocenters. The Bertz CT molecular complexity index is 611. The molecule has 1 saturated carbocycles. The standard InChI is InChI=1S/C15H17BrN4O/c16-10-3-1-9(2-4-10)5-12(17)15(21)20-13-6-11(13)14-7-18-8-19-14/h1-4,7-8,11-13H,5-6,17H2,(H,18,19)(H,20,21)/t11?,12-,13?/m1/s1. The SMILES string of the molecule is N[C@H](Cc1ccc(Br)cc1)C(=O)NC1CC1c1cnc[nH]1. The lowest BCUT2D eigenvalue weighted by Gasteiger charge is -2.12. The van der Waals surface area contributed by atoms with Gasteiger partial charge in [-0.05, 0) is 30.5 Å². The first kappa shape index (κ1) is 14.3. The van der Waals surface area contributed by atoms with Crippen LogP contribution in [0.5, 0.6) is 0 Å². The molecule has 4 N–H and O–H groups in total. The molecule has 6 heteroatoms. The smallest absolute Gasteiger partial charge is 0.237 e. The Kier molecular flexibility index (Phi) is 4.07. The van der Waals surface area contributed by atoms with Crippen LogP contribution in [0.3, 0.4) is 0 Å². The molecule has 1 fully saturated rings. The van der Waals surface area contributed by atoms with Gasteiger partial charge in [0.2, 0.25) is 5.91 Å². The van der Waals surface area contributed by atoms with Crippen molar-refractivity contribution in [2.24, 2.45) is 5.73 Å². The Balaban J connectivity index is 1.50. The van der Waals surface area contributed by atoms with Gasteiger partial charge in [-0.1, -0.05) is 28.1 Å². The first-order valence-electron chi connectivity index (χ1n) is 6.92. The maximum absolute atomic E-state index is 12.1. The molecule has 0 radical (unpaired) electrons. The summed E-state index contributed by atoms with van der Waals surface area (Å²) < 4.78 is 1.02. The number of hydrogen-bond acceptors (Lipinski definition) is 3. The lowest BCUT2D eigenvalue weighted by Crippen LogP contribution is -2.43. The number of H-pyrrole nitrogens is 1. The third-order valence-corrected chi connectivity index (χ3v) is 4.27. The lowest BCUT2D eigenvalue weighted by atomic mass is 10.1. The fourth-order valence-electron chi connectivity index (χ4n) is 2.42. The molecule has 1 amide bonds. The number of nitrogens with two attached hydrogens (primary N) is 1. The highest BCUT2D eigenvalue weighted by atomic mass is 79.9. The van der Waals surface area contributed by atoms with Crippen LogP contribution in [0.1, 0.15) is 23.6 Å². The van der Waals surface area contributed by atoms with Crippen molar-refractivity contribution in [1.29, 1.82) is 0 Å². The highest BCUT2D eigenvalue weighted by molar-refractivity contribution is 9.10. The van der Waals surface area contributed by atoms with E-state index in [1.165, 1.54) is 0 Å². The maximum atomic E-state index is 12.1. The van der Waals surface area contributed by atoms with Crippen LogP contribution < -0.4 is 11.1 Å². The van der Waals surface area contributed by atoms with Gasteiger partial charge in [-0.3, -0.25) is 4.79 Å². The molecule has 3 rings (SSSR count). The molecule has 110 valence electrons.